The lowest BCUT2D eigenvalue weighted by Crippen LogP contribution is -2.38. The second kappa shape index (κ2) is 12.0. The van der Waals surface area contributed by atoms with Crippen molar-refractivity contribution in [1.82, 2.24) is 15.3 Å². The predicted molar refractivity (Wildman–Crippen MR) is 116 cm³/mol. The maximum Gasteiger partial charge on any atom is 0.280 e. The van der Waals surface area contributed by atoms with Gasteiger partial charge < -0.3 is 17.2 Å². The molecule has 0 bridgehead atoms. The first-order chi connectivity index (χ1) is 13.0. The fourth-order valence-electron chi connectivity index (χ4n) is 2.46. The van der Waals surface area contributed by atoms with Crippen molar-refractivity contribution < 1.29 is 4.79 Å². The number of amides is 1. The molecule has 28 heavy (non-hydrogen) atoms. The van der Waals surface area contributed by atoms with Crippen LogP contribution < -0.4 is 22.5 Å². The van der Waals surface area contributed by atoms with Crippen LogP contribution >= 0.6 is 24.0 Å². The number of aryl methyl sites for hydroxylation is 1. The molecule has 1 aromatic carbocycles. The van der Waals surface area contributed by atoms with Crippen molar-refractivity contribution in [3.8, 4) is 0 Å². The van der Waals surface area contributed by atoms with Gasteiger partial charge in [0.25, 0.3) is 5.91 Å². The number of nitrogens with two attached hydrogens (primary N) is 3. The molecule has 0 saturated heterocycles. The highest BCUT2D eigenvalue weighted by atomic mass is 35.5. The Morgan fingerprint density at radius 1 is 1.04 bits per heavy atom. The van der Waals surface area contributed by atoms with Gasteiger partial charge in [0.05, 0.1) is 0 Å². The van der Waals surface area contributed by atoms with Crippen molar-refractivity contribution in [3.63, 3.8) is 0 Å². The number of hydrogen-bond donors (Lipinski definition) is 4. The maximum atomic E-state index is 12.1. The number of anilines is 2. The van der Waals surface area contributed by atoms with Gasteiger partial charge in [-0.3, -0.25) is 15.1 Å². The number of nitrogen functional groups attached to an aromatic ring is 2. The molecule has 0 spiro atoms. The van der Waals surface area contributed by atoms with Gasteiger partial charge >= 0.3 is 0 Å². The highest BCUT2D eigenvalue weighted by Gasteiger charge is 2.16. The van der Waals surface area contributed by atoms with Crippen molar-refractivity contribution in [1.29, 1.82) is 0 Å². The lowest BCUT2D eigenvalue weighted by atomic mass is 10.1. The van der Waals surface area contributed by atoms with Crippen LogP contribution in [-0.2, 0) is 6.42 Å². The van der Waals surface area contributed by atoms with E-state index in [9.17, 15) is 4.79 Å². The number of hydrogen-bond acceptors (Lipinski definition) is 6. The number of nitrogens with zero attached hydrogens (tertiary/aromatic N) is 3. The Hall–Kier alpha value is -2.58. The predicted octanol–water partition coefficient (Wildman–Crippen LogP) is 2.56. The van der Waals surface area contributed by atoms with Crippen LogP contribution in [0.1, 0.15) is 41.7 Å². The zero-order chi connectivity index (χ0) is 19.6. The molecule has 0 saturated carbocycles. The summed E-state index contributed by atoms with van der Waals surface area (Å²) >= 11 is 5.75. The van der Waals surface area contributed by atoms with Crippen molar-refractivity contribution in [2.75, 3.05) is 18.0 Å². The fraction of sp³-hybridized carbons (Fsp3) is 0.333. The summed E-state index contributed by atoms with van der Waals surface area (Å²) in [7, 11) is 0. The van der Waals surface area contributed by atoms with E-state index in [4.69, 9.17) is 28.8 Å². The van der Waals surface area contributed by atoms with Gasteiger partial charge in [0, 0.05) is 6.54 Å². The van der Waals surface area contributed by atoms with Crippen LogP contribution in [-0.4, -0.2) is 28.4 Å². The van der Waals surface area contributed by atoms with E-state index in [1.165, 1.54) is 5.56 Å². The van der Waals surface area contributed by atoms with Gasteiger partial charge in [0.2, 0.25) is 0 Å². The molecule has 0 unspecified atom stereocenters. The lowest BCUT2D eigenvalue weighted by molar-refractivity contribution is 0.0972. The fourth-order valence-corrected chi connectivity index (χ4v) is 2.59. The maximum absolute atomic E-state index is 12.1. The van der Waals surface area contributed by atoms with E-state index in [-0.39, 0.29) is 40.8 Å². The third kappa shape index (κ3) is 7.58. The van der Waals surface area contributed by atoms with Crippen molar-refractivity contribution in [2.24, 2.45) is 10.7 Å². The van der Waals surface area contributed by atoms with Gasteiger partial charge in [-0.2, -0.15) is 0 Å². The average molecular weight is 426 g/mol. The number of aromatic nitrogens is 2. The highest BCUT2D eigenvalue weighted by Crippen LogP contribution is 2.17. The molecule has 2 rings (SSSR count). The molecule has 1 amide bonds. The lowest BCUT2D eigenvalue weighted by Gasteiger charge is -2.07. The average Bonchev–Trinajstić information content (AvgIpc) is 2.64. The number of guanidine groups is 1. The molecule has 0 aliphatic heterocycles. The van der Waals surface area contributed by atoms with Gasteiger partial charge in [-0.25, -0.2) is 9.97 Å². The standard InChI is InChI=1S/C18H24ClN7O.ClH/c19-14-16(21)25-15(20)13(24-14)17(27)26-18(22)23-11-7-2-1-4-8-12-9-5-3-6-10-12;/h3,5-6,9-10H,1-2,4,7-8,11H2,(H4,20,21,25)(H3,22,23,26,27);1H. The van der Waals surface area contributed by atoms with E-state index in [2.05, 4.69) is 44.5 Å². The normalized spacial score (nSPS) is 11.0. The van der Waals surface area contributed by atoms with Gasteiger partial charge in [-0.1, -0.05) is 54.8 Å². The first-order valence-electron chi connectivity index (χ1n) is 8.71. The van der Waals surface area contributed by atoms with Crippen molar-refractivity contribution in [2.45, 2.75) is 32.1 Å². The first kappa shape index (κ1) is 23.5. The minimum Gasteiger partial charge on any atom is -0.382 e. The van der Waals surface area contributed by atoms with E-state index >= 15 is 0 Å². The molecule has 0 fully saturated rings. The number of aliphatic imine (C=N–C) groups is 1. The molecule has 1 heterocycles. The topological polar surface area (TPSA) is 145 Å². The molecule has 2 aromatic rings. The summed E-state index contributed by atoms with van der Waals surface area (Å²) in [6.45, 7) is 0.529. The summed E-state index contributed by atoms with van der Waals surface area (Å²) in [5.74, 6) is -0.801. The largest absolute Gasteiger partial charge is 0.382 e. The van der Waals surface area contributed by atoms with Gasteiger partial charge in [-0.15, -0.1) is 12.4 Å². The van der Waals surface area contributed by atoms with Crippen LogP contribution in [0.15, 0.2) is 35.3 Å². The van der Waals surface area contributed by atoms with Crippen LogP contribution in [0.5, 0.6) is 0 Å². The highest BCUT2D eigenvalue weighted by molar-refractivity contribution is 6.31. The third-order valence-corrected chi connectivity index (χ3v) is 4.14. The van der Waals surface area contributed by atoms with Crippen LogP contribution in [0, 0.1) is 0 Å². The zero-order valence-electron chi connectivity index (χ0n) is 15.4. The molecule has 152 valence electrons. The Bertz CT molecular complexity index is 800. The molecule has 1 aromatic heterocycles. The van der Waals surface area contributed by atoms with Gasteiger partial charge in [0.1, 0.15) is 0 Å². The summed E-state index contributed by atoms with van der Waals surface area (Å²) in [5, 5.41) is 2.32. The molecule has 0 aliphatic rings. The van der Waals surface area contributed by atoms with Crippen LogP contribution in [0.25, 0.3) is 0 Å². The molecule has 7 N–H and O–H groups in total. The Labute approximate surface area is 175 Å². The SMILES string of the molecule is Cl.NC(=NCCCCCCc1ccccc1)NC(=O)c1nc(Cl)c(N)nc1N. The summed E-state index contributed by atoms with van der Waals surface area (Å²) in [6, 6.07) is 10.4. The van der Waals surface area contributed by atoms with E-state index in [1.54, 1.807) is 0 Å². The molecule has 8 nitrogen and oxygen atoms in total. The third-order valence-electron chi connectivity index (χ3n) is 3.86. The van der Waals surface area contributed by atoms with E-state index in [0.717, 1.165) is 32.1 Å². The van der Waals surface area contributed by atoms with E-state index < -0.39 is 5.91 Å². The van der Waals surface area contributed by atoms with E-state index in [1.807, 2.05) is 6.07 Å². The zero-order valence-corrected chi connectivity index (χ0v) is 17.0. The minimum absolute atomic E-state index is 0. The molecule has 0 aliphatic carbocycles. The minimum atomic E-state index is -0.633. The number of halogens is 2. The number of unbranched alkanes of at least 4 members (excludes halogenated alkanes) is 3. The summed E-state index contributed by atoms with van der Waals surface area (Å²) in [4.78, 5) is 23.8. The molecule has 0 atom stereocenters. The molecular formula is C18H25Cl2N7O. The second-order valence-electron chi connectivity index (χ2n) is 6.00. The Kier molecular flexibility index (Phi) is 10.0. The monoisotopic (exact) mass is 425 g/mol. The molecule has 0 radical (unpaired) electrons. The Balaban J connectivity index is 0.00000392. The van der Waals surface area contributed by atoms with Gasteiger partial charge in [-0.05, 0) is 24.8 Å². The number of benzene rings is 1. The number of rotatable bonds is 8. The van der Waals surface area contributed by atoms with Crippen LogP contribution in [0.4, 0.5) is 11.6 Å². The molecule has 10 heteroatoms. The summed E-state index contributed by atoms with van der Waals surface area (Å²) in [6.07, 6.45) is 5.27. The van der Waals surface area contributed by atoms with E-state index in [0.29, 0.717) is 6.54 Å². The van der Waals surface area contributed by atoms with Crippen LogP contribution in [0.3, 0.4) is 0 Å². The summed E-state index contributed by atoms with van der Waals surface area (Å²) in [5.41, 5.74) is 18.0. The Morgan fingerprint density at radius 2 is 1.71 bits per heavy atom. The summed E-state index contributed by atoms with van der Waals surface area (Å²) < 4.78 is 0. The smallest absolute Gasteiger partial charge is 0.280 e. The van der Waals surface area contributed by atoms with Crippen LogP contribution in [0.2, 0.25) is 5.15 Å². The number of carbonyl (C=O) groups excluding carboxylic acids is 1. The first-order valence-corrected chi connectivity index (χ1v) is 9.09. The number of nitrogens with one attached hydrogen (secondary N) is 1. The quantitative estimate of drug-likeness (QED) is 0.290. The molecular weight excluding hydrogens is 401 g/mol. The number of carbonyl (C=O) groups is 1. The second-order valence-corrected chi connectivity index (χ2v) is 6.36. The van der Waals surface area contributed by atoms with Crippen molar-refractivity contribution in [3.05, 3.63) is 46.7 Å². The Morgan fingerprint density at radius 3 is 2.43 bits per heavy atom. The van der Waals surface area contributed by atoms with Crippen molar-refractivity contribution >= 4 is 47.5 Å². The van der Waals surface area contributed by atoms with Gasteiger partial charge in [0.15, 0.2) is 28.4 Å².